The van der Waals surface area contributed by atoms with Crippen LogP contribution in [-0.4, -0.2) is 0 Å². The number of fused-ring (bicyclic) bond motifs is 3. The molecule has 0 bridgehead atoms. The monoisotopic (exact) mass is 396 g/mol. The van der Waals surface area contributed by atoms with Gasteiger partial charge in [0.15, 0.2) is 0 Å². The Morgan fingerprint density at radius 3 is 2.23 bits per heavy atom. The lowest BCUT2D eigenvalue weighted by Gasteiger charge is -2.22. The fourth-order valence-electron chi connectivity index (χ4n) is 3.55. The van der Waals surface area contributed by atoms with E-state index in [1.807, 2.05) is 0 Å². The van der Waals surface area contributed by atoms with Crippen molar-refractivity contribution in [2.45, 2.75) is 19.3 Å². The molecule has 0 heterocycles. The van der Waals surface area contributed by atoms with Gasteiger partial charge >= 0.3 is 0 Å². The van der Waals surface area contributed by atoms with Crippen molar-refractivity contribution >= 4 is 22.6 Å². The number of rotatable bonds is 1. The standard InChI is InChI=1S/C21H17I/c1-21(2)19-9-4-3-8-17(19)18-11-10-15(13-20(18)21)14-6-5-7-16(22)12-14/h3-13H,1-2H3. The summed E-state index contributed by atoms with van der Waals surface area (Å²) in [4.78, 5) is 0. The minimum atomic E-state index is 0.0733. The molecule has 1 heteroatoms. The van der Waals surface area contributed by atoms with Crippen LogP contribution >= 0.6 is 22.6 Å². The van der Waals surface area contributed by atoms with Crippen LogP contribution in [0, 0.1) is 3.57 Å². The zero-order chi connectivity index (χ0) is 15.3. The minimum absolute atomic E-state index is 0.0733. The highest BCUT2D eigenvalue weighted by Crippen LogP contribution is 2.49. The Kier molecular flexibility index (Phi) is 3.15. The smallest absolute Gasteiger partial charge is 0.0159 e. The molecule has 108 valence electrons. The van der Waals surface area contributed by atoms with E-state index in [4.69, 9.17) is 0 Å². The van der Waals surface area contributed by atoms with Gasteiger partial charge in [0.2, 0.25) is 0 Å². The number of hydrogen-bond donors (Lipinski definition) is 0. The van der Waals surface area contributed by atoms with E-state index >= 15 is 0 Å². The molecule has 1 aliphatic rings. The van der Waals surface area contributed by atoms with E-state index < -0.39 is 0 Å². The second-order valence-corrected chi connectivity index (χ2v) is 7.69. The van der Waals surface area contributed by atoms with Crippen LogP contribution in [0.1, 0.15) is 25.0 Å². The average molecular weight is 396 g/mol. The van der Waals surface area contributed by atoms with Crippen LogP contribution in [0.25, 0.3) is 22.3 Å². The van der Waals surface area contributed by atoms with Crippen molar-refractivity contribution in [3.05, 3.63) is 81.4 Å². The van der Waals surface area contributed by atoms with Gasteiger partial charge < -0.3 is 0 Å². The molecular weight excluding hydrogens is 379 g/mol. The van der Waals surface area contributed by atoms with Crippen LogP contribution in [0.15, 0.2) is 66.7 Å². The Morgan fingerprint density at radius 2 is 1.41 bits per heavy atom. The predicted octanol–water partition coefficient (Wildman–Crippen LogP) is 6.26. The summed E-state index contributed by atoms with van der Waals surface area (Å²) in [5.74, 6) is 0. The lowest BCUT2D eigenvalue weighted by atomic mass is 9.81. The molecule has 0 amide bonds. The summed E-state index contributed by atoms with van der Waals surface area (Å²) >= 11 is 2.38. The van der Waals surface area contributed by atoms with Gasteiger partial charge in [0.05, 0.1) is 0 Å². The molecule has 0 nitrogen and oxygen atoms in total. The third kappa shape index (κ3) is 2.03. The molecule has 4 rings (SSSR count). The molecule has 0 spiro atoms. The third-order valence-electron chi connectivity index (χ3n) is 4.74. The molecule has 3 aromatic rings. The molecule has 0 atom stereocenters. The average Bonchev–Trinajstić information content (AvgIpc) is 2.76. The maximum atomic E-state index is 2.38. The van der Waals surface area contributed by atoms with E-state index in [2.05, 4.69) is 103 Å². The van der Waals surface area contributed by atoms with Gasteiger partial charge in [0.25, 0.3) is 0 Å². The van der Waals surface area contributed by atoms with Gasteiger partial charge in [-0.25, -0.2) is 0 Å². The SMILES string of the molecule is CC1(C)c2ccccc2-c2ccc(-c3cccc(I)c3)cc21. The summed E-state index contributed by atoms with van der Waals surface area (Å²) < 4.78 is 1.28. The highest BCUT2D eigenvalue weighted by molar-refractivity contribution is 14.1. The van der Waals surface area contributed by atoms with E-state index in [0.29, 0.717) is 0 Å². The van der Waals surface area contributed by atoms with Crippen LogP contribution in [0.3, 0.4) is 0 Å². The summed E-state index contributed by atoms with van der Waals surface area (Å²) in [6, 6.07) is 24.4. The summed E-state index contributed by atoms with van der Waals surface area (Å²) in [6.07, 6.45) is 0. The van der Waals surface area contributed by atoms with Crippen molar-refractivity contribution < 1.29 is 0 Å². The molecule has 0 fully saturated rings. The summed E-state index contributed by atoms with van der Waals surface area (Å²) in [5.41, 5.74) is 8.31. The van der Waals surface area contributed by atoms with Gasteiger partial charge in [-0.1, -0.05) is 62.4 Å². The van der Waals surface area contributed by atoms with E-state index in [1.54, 1.807) is 0 Å². The zero-order valence-corrected chi connectivity index (χ0v) is 14.9. The second kappa shape index (κ2) is 4.95. The van der Waals surface area contributed by atoms with E-state index in [-0.39, 0.29) is 5.41 Å². The van der Waals surface area contributed by atoms with Gasteiger partial charge in [-0.3, -0.25) is 0 Å². The third-order valence-corrected chi connectivity index (χ3v) is 5.41. The first-order valence-corrected chi connectivity index (χ1v) is 8.65. The lowest BCUT2D eigenvalue weighted by molar-refractivity contribution is 0.660. The summed E-state index contributed by atoms with van der Waals surface area (Å²) in [6.45, 7) is 4.66. The maximum Gasteiger partial charge on any atom is 0.0159 e. The van der Waals surface area contributed by atoms with Gasteiger partial charge in [0.1, 0.15) is 0 Å². The molecular formula is C21H17I. The van der Waals surface area contributed by atoms with Crippen molar-refractivity contribution in [2.24, 2.45) is 0 Å². The predicted molar refractivity (Wildman–Crippen MR) is 102 cm³/mol. The second-order valence-electron chi connectivity index (χ2n) is 6.44. The molecule has 0 unspecified atom stereocenters. The Balaban J connectivity index is 1.92. The van der Waals surface area contributed by atoms with Gasteiger partial charge in [-0.15, -0.1) is 0 Å². The van der Waals surface area contributed by atoms with Crippen LogP contribution < -0.4 is 0 Å². The Bertz CT molecular complexity index is 875. The van der Waals surface area contributed by atoms with Gasteiger partial charge in [-0.2, -0.15) is 0 Å². The van der Waals surface area contributed by atoms with E-state index in [1.165, 1.54) is 37.0 Å². The van der Waals surface area contributed by atoms with Gasteiger partial charge in [0, 0.05) is 8.99 Å². The first kappa shape index (κ1) is 14.0. The number of halogens is 1. The van der Waals surface area contributed by atoms with Crippen molar-refractivity contribution in [2.75, 3.05) is 0 Å². The highest BCUT2D eigenvalue weighted by atomic mass is 127. The highest BCUT2D eigenvalue weighted by Gasteiger charge is 2.35. The topological polar surface area (TPSA) is 0 Å². The van der Waals surface area contributed by atoms with Crippen molar-refractivity contribution in [3.8, 4) is 22.3 Å². The summed E-state index contributed by atoms with van der Waals surface area (Å²) in [5, 5.41) is 0. The van der Waals surface area contributed by atoms with Crippen LogP contribution in [0.5, 0.6) is 0 Å². The molecule has 0 saturated carbocycles. The van der Waals surface area contributed by atoms with Crippen LogP contribution in [0.2, 0.25) is 0 Å². The Morgan fingerprint density at radius 1 is 0.682 bits per heavy atom. The Labute approximate surface area is 145 Å². The first-order valence-electron chi connectivity index (χ1n) is 7.58. The molecule has 0 aliphatic heterocycles. The first-order chi connectivity index (χ1) is 10.6. The summed E-state index contributed by atoms with van der Waals surface area (Å²) in [7, 11) is 0. The fraction of sp³-hybridized carbons (Fsp3) is 0.143. The molecule has 0 aromatic heterocycles. The molecule has 22 heavy (non-hydrogen) atoms. The largest absolute Gasteiger partial charge is 0.0619 e. The number of hydrogen-bond acceptors (Lipinski definition) is 0. The molecule has 0 radical (unpaired) electrons. The quantitative estimate of drug-likeness (QED) is 0.426. The fourth-order valence-corrected chi connectivity index (χ4v) is 4.09. The normalized spacial score (nSPS) is 14.5. The van der Waals surface area contributed by atoms with E-state index in [9.17, 15) is 0 Å². The molecule has 0 saturated heterocycles. The van der Waals surface area contributed by atoms with Crippen molar-refractivity contribution in [1.82, 2.24) is 0 Å². The van der Waals surface area contributed by atoms with Crippen LogP contribution in [-0.2, 0) is 5.41 Å². The zero-order valence-electron chi connectivity index (χ0n) is 12.7. The van der Waals surface area contributed by atoms with Crippen LogP contribution in [0.4, 0.5) is 0 Å². The molecule has 0 N–H and O–H groups in total. The van der Waals surface area contributed by atoms with E-state index in [0.717, 1.165) is 0 Å². The van der Waals surface area contributed by atoms with Crippen molar-refractivity contribution in [1.29, 1.82) is 0 Å². The molecule has 1 aliphatic carbocycles. The van der Waals surface area contributed by atoms with Crippen molar-refractivity contribution in [3.63, 3.8) is 0 Å². The lowest BCUT2D eigenvalue weighted by Crippen LogP contribution is -2.14. The van der Waals surface area contributed by atoms with Gasteiger partial charge in [-0.05, 0) is 74.2 Å². The molecule has 3 aromatic carbocycles. The number of benzene rings is 3. The maximum absolute atomic E-state index is 2.38. The Hall–Kier alpha value is -1.61. The minimum Gasteiger partial charge on any atom is -0.0619 e.